The average Bonchev–Trinajstić information content (AvgIpc) is 3.52. The summed E-state index contributed by atoms with van der Waals surface area (Å²) in [6, 6.07) is 61.5. The first-order valence-corrected chi connectivity index (χ1v) is 16.2. The largest absolute Gasteiger partial charge is 0.456 e. The number of rotatable bonds is 3. The second-order valence-corrected chi connectivity index (χ2v) is 12.4. The summed E-state index contributed by atoms with van der Waals surface area (Å²) in [6.07, 6.45) is 0. The van der Waals surface area contributed by atoms with Crippen LogP contribution in [-0.4, -0.2) is 0 Å². The van der Waals surface area contributed by atoms with Crippen molar-refractivity contribution in [1.82, 2.24) is 0 Å². The Morgan fingerprint density at radius 3 is 1.60 bits per heavy atom. The van der Waals surface area contributed by atoms with Gasteiger partial charge in [-0.05, 0) is 101 Å². The van der Waals surface area contributed by atoms with E-state index in [4.69, 9.17) is 4.42 Å². The summed E-state index contributed by atoms with van der Waals surface area (Å²) < 4.78 is 6.44. The highest BCUT2D eigenvalue weighted by Gasteiger charge is 2.18. The van der Waals surface area contributed by atoms with E-state index in [0.29, 0.717) is 0 Å². The van der Waals surface area contributed by atoms with Crippen LogP contribution in [0.2, 0.25) is 0 Å². The Bertz CT molecular complexity index is 2790. The predicted molar refractivity (Wildman–Crippen MR) is 200 cm³/mol. The zero-order chi connectivity index (χ0) is 30.9. The minimum Gasteiger partial charge on any atom is -0.456 e. The third-order valence-corrected chi connectivity index (χ3v) is 9.84. The SMILES string of the molecule is c1cc(-c2ccc3c(c2)oc2ccc4ccccc4c23)cc(-c2c3ccccc3c(-c3cccc4ccccc34)c3ccccc23)c1. The summed E-state index contributed by atoms with van der Waals surface area (Å²) >= 11 is 0. The molecule has 0 aliphatic carbocycles. The van der Waals surface area contributed by atoms with E-state index in [2.05, 4.69) is 170 Å². The molecule has 0 aliphatic heterocycles. The van der Waals surface area contributed by atoms with E-state index < -0.39 is 0 Å². The van der Waals surface area contributed by atoms with Gasteiger partial charge in [-0.3, -0.25) is 0 Å². The average molecular weight is 597 g/mol. The third-order valence-electron chi connectivity index (χ3n) is 9.84. The van der Waals surface area contributed by atoms with Crippen molar-refractivity contribution in [3.63, 3.8) is 0 Å². The van der Waals surface area contributed by atoms with Crippen molar-refractivity contribution in [3.8, 4) is 33.4 Å². The molecule has 0 bridgehead atoms. The smallest absolute Gasteiger partial charge is 0.136 e. The minimum atomic E-state index is 0.912. The molecule has 0 spiro atoms. The zero-order valence-corrected chi connectivity index (χ0v) is 25.6. The monoisotopic (exact) mass is 596 g/mol. The fourth-order valence-electron chi connectivity index (χ4n) is 7.75. The van der Waals surface area contributed by atoms with Crippen LogP contribution in [0.1, 0.15) is 0 Å². The summed E-state index contributed by atoms with van der Waals surface area (Å²) in [5, 5.41) is 12.4. The summed E-state index contributed by atoms with van der Waals surface area (Å²) in [7, 11) is 0. The molecular formula is C46H28O. The number of fused-ring (bicyclic) bond motifs is 8. The first-order chi connectivity index (χ1) is 23.3. The topological polar surface area (TPSA) is 13.1 Å². The molecule has 0 atom stereocenters. The molecule has 10 aromatic rings. The molecule has 0 aliphatic rings. The van der Waals surface area contributed by atoms with Gasteiger partial charge in [0, 0.05) is 10.8 Å². The molecule has 0 fully saturated rings. The Hall–Kier alpha value is -6.18. The Balaban J connectivity index is 1.19. The maximum atomic E-state index is 6.44. The molecule has 1 heterocycles. The van der Waals surface area contributed by atoms with Gasteiger partial charge in [0.1, 0.15) is 11.2 Å². The van der Waals surface area contributed by atoms with Gasteiger partial charge in [-0.2, -0.15) is 0 Å². The second-order valence-electron chi connectivity index (χ2n) is 12.4. The number of benzene rings is 9. The first-order valence-electron chi connectivity index (χ1n) is 16.2. The van der Waals surface area contributed by atoms with Crippen molar-refractivity contribution in [3.05, 3.63) is 170 Å². The molecule has 0 saturated carbocycles. The maximum absolute atomic E-state index is 6.44. The summed E-state index contributed by atoms with van der Waals surface area (Å²) in [6.45, 7) is 0. The van der Waals surface area contributed by atoms with Crippen LogP contribution in [0.5, 0.6) is 0 Å². The lowest BCUT2D eigenvalue weighted by Crippen LogP contribution is -1.92. The van der Waals surface area contributed by atoms with Gasteiger partial charge in [-0.15, -0.1) is 0 Å². The highest BCUT2D eigenvalue weighted by molar-refractivity contribution is 6.24. The van der Waals surface area contributed by atoms with Gasteiger partial charge < -0.3 is 4.42 Å². The molecule has 0 saturated heterocycles. The third kappa shape index (κ3) is 3.97. The van der Waals surface area contributed by atoms with Crippen LogP contribution in [0.3, 0.4) is 0 Å². The second kappa shape index (κ2) is 10.2. The molecule has 9 aromatic carbocycles. The van der Waals surface area contributed by atoms with Crippen LogP contribution in [0.25, 0.3) is 98.4 Å². The van der Waals surface area contributed by atoms with Gasteiger partial charge in [0.25, 0.3) is 0 Å². The normalized spacial score (nSPS) is 11.8. The van der Waals surface area contributed by atoms with E-state index in [0.717, 1.165) is 22.1 Å². The van der Waals surface area contributed by atoms with Crippen LogP contribution in [0.15, 0.2) is 174 Å². The van der Waals surface area contributed by atoms with E-state index in [1.165, 1.54) is 76.3 Å². The Kier molecular flexibility index (Phi) is 5.64. The molecule has 0 amide bonds. The number of hydrogen-bond acceptors (Lipinski definition) is 1. The van der Waals surface area contributed by atoms with Crippen LogP contribution in [0, 0.1) is 0 Å². The van der Waals surface area contributed by atoms with Gasteiger partial charge in [-0.1, -0.05) is 146 Å². The van der Waals surface area contributed by atoms with Crippen LogP contribution in [0.4, 0.5) is 0 Å². The lowest BCUT2D eigenvalue weighted by atomic mass is 9.84. The fourth-order valence-corrected chi connectivity index (χ4v) is 7.75. The molecule has 1 aromatic heterocycles. The molecule has 1 nitrogen and oxygen atoms in total. The summed E-state index contributed by atoms with van der Waals surface area (Å²) in [5.74, 6) is 0. The van der Waals surface area contributed by atoms with E-state index in [9.17, 15) is 0 Å². The first kappa shape index (κ1) is 26.1. The lowest BCUT2D eigenvalue weighted by molar-refractivity contribution is 0.669. The highest BCUT2D eigenvalue weighted by atomic mass is 16.3. The van der Waals surface area contributed by atoms with E-state index in [-0.39, 0.29) is 0 Å². The van der Waals surface area contributed by atoms with Crippen molar-refractivity contribution in [2.24, 2.45) is 0 Å². The van der Waals surface area contributed by atoms with Crippen molar-refractivity contribution in [2.75, 3.05) is 0 Å². The van der Waals surface area contributed by atoms with E-state index >= 15 is 0 Å². The fraction of sp³-hybridized carbons (Fsp3) is 0. The Morgan fingerprint density at radius 2 is 0.851 bits per heavy atom. The van der Waals surface area contributed by atoms with Crippen LogP contribution in [-0.2, 0) is 0 Å². The molecule has 218 valence electrons. The summed E-state index contributed by atoms with van der Waals surface area (Å²) in [4.78, 5) is 0. The van der Waals surface area contributed by atoms with E-state index in [1.54, 1.807) is 0 Å². The van der Waals surface area contributed by atoms with Crippen molar-refractivity contribution in [1.29, 1.82) is 0 Å². The number of furan rings is 1. The molecule has 0 radical (unpaired) electrons. The van der Waals surface area contributed by atoms with Gasteiger partial charge in [-0.25, -0.2) is 0 Å². The maximum Gasteiger partial charge on any atom is 0.136 e. The van der Waals surface area contributed by atoms with Gasteiger partial charge in [0.05, 0.1) is 0 Å². The minimum absolute atomic E-state index is 0.912. The quantitative estimate of drug-likeness (QED) is 0.185. The number of hydrogen-bond donors (Lipinski definition) is 0. The van der Waals surface area contributed by atoms with Gasteiger partial charge in [0.15, 0.2) is 0 Å². The molecule has 0 unspecified atom stereocenters. The molecule has 1 heteroatoms. The lowest BCUT2D eigenvalue weighted by Gasteiger charge is -2.19. The standard InChI is InChI=1S/C46H28O/c1-3-16-34-29(11-1)13-10-22-36(34)45-39-20-7-5-18-37(39)44(38-19-6-8-21-40(38)45)33-15-9-14-31(27-33)32-23-25-41-43(28-32)47-42-26-24-30-12-2-4-17-35(30)46(41)42/h1-28H. The zero-order valence-electron chi connectivity index (χ0n) is 25.6. The van der Waals surface area contributed by atoms with Gasteiger partial charge >= 0.3 is 0 Å². The molecule has 47 heavy (non-hydrogen) atoms. The van der Waals surface area contributed by atoms with Crippen LogP contribution < -0.4 is 0 Å². The predicted octanol–water partition coefficient (Wildman–Crippen LogP) is 13.2. The Morgan fingerprint density at radius 1 is 0.298 bits per heavy atom. The molecule has 10 rings (SSSR count). The summed E-state index contributed by atoms with van der Waals surface area (Å²) in [5.41, 5.74) is 9.17. The van der Waals surface area contributed by atoms with Gasteiger partial charge in [0.2, 0.25) is 0 Å². The van der Waals surface area contributed by atoms with Crippen molar-refractivity contribution >= 4 is 65.0 Å². The highest BCUT2D eigenvalue weighted by Crippen LogP contribution is 2.46. The van der Waals surface area contributed by atoms with Crippen molar-refractivity contribution in [2.45, 2.75) is 0 Å². The van der Waals surface area contributed by atoms with E-state index in [1.807, 2.05) is 0 Å². The van der Waals surface area contributed by atoms with Crippen molar-refractivity contribution < 1.29 is 4.42 Å². The molecular weight excluding hydrogens is 569 g/mol. The Labute approximate surface area is 271 Å². The van der Waals surface area contributed by atoms with Crippen LogP contribution >= 0.6 is 0 Å². The molecule has 0 N–H and O–H groups in total.